The Kier molecular flexibility index (Phi) is 11.1. The first-order valence-electron chi connectivity index (χ1n) is 13.6. The first-order valence-corrected chi connectivity index (χ1v) is 15.5. The third-order valence-corrected chi connectivity index (χ3v) is 8.44. The van der Waals surface area contributed by atoms with Gasteiger partial charge >= 0.3 is 0 Å². The first-order chi connectivity index (χ1) is 20.7. The van der Waals surface area contributed by atoms with Gasteiger partial charge < -0.3 is 29.7 Å². The Hall–Kier alpha value is -3.96. The van der Waals surface area contributed by atoms with Crippen LogP contribution in [0.1, 0.15) is 23.5 Å². The molecule has 0 aliphatic heterocycles. The highest BCUT2D eigenvalue weighted by molar-refractivity contribution is 7.92. The Morgan fingerprint density at radius 1 is 0.814 bits per heavy atom. The molecule has 4 N–H and O–H groups in total. The van der Waals surface area contributed by atoms with Gasteiger partial charge in [-0.1, -0.05) is 35.9 Å². The molecule has 0 aliphatic rings. The van der Waals surface area contributed by atoms with Gasteiger partial charge in [0.1, 0.15) is 35.7 Å². The Morgan fingerprint density at radius 3 is 1.93 bits per heavy atom. The molecule has 9 nitrogen and oxygen atoms in total. The van der Waals surface area contributed by atoms with Gasteiger partial charge in [-0.2, -0.15) is 0 Å². The molecule has 0 aromatic heterocycles. The number of methoxy groups -OCH3 is 2. The maximum Gasteiger partial charge on any atom is 0.262 e. The monoisotopic (exact) mass is 626 g/mol. The highest BCUT2D eigenvalue weighted by atomic mass is 35.5. The van der Waals surface area contributed by atoms with Crippen LogP contribution >= 0.6 is 11.6 Å². The largest absolute Gasteiger partial charge is 0.506 e. The van der Waals surface area contributed by atoms with Gasteiger partial charge in [-0.05, 0) is 84.8 Å². The van der Waals surface area contributed by atoms with E-state index in [9.17, 15) is 18.6 Å². The summed E-state index contributed by atoms with van der Waals surface area (Å²) < 4.78 is 44.1. The Morgan fingerprint density at radius 2 is 1.37 bits per heavy atom. The minimum Gasteiger partial charge on any atom is -0.506 e. The molecule has 0 bridgehead atoms. The van der Waals surface area contributed by atoms with E-state index in [1.54, 1.807) is 14.2 Å². The van der Waals surface area contributed by atoms with E-state index in [1.165, 1.54) is 42.5 Å². The molecule has 0 saturated carbocycles. The number of anilines is 1. The van der Waals surface area contributed by atoms with Crippen molar-refractivity contribution >= 4 is 27.3 Å². The molecule has 4 aromatic carbocycles. The standard InChI is InChI=1S/C32H35ClN2O7S/c1-40-26-9-3-22(4-10-26)30(23-5-11-27(41-2)12-6-23)17-18-34-20-25(36)21-42-28-13-16-32(37)31(19-28)35-43(38,39)29-14-7-24(33)8-15-29/h3-16,19,25,30,34-37H,17-18,20-21H2,1-2H3/t25-/m0/s1. The number of aromatic hydroxyl groups is 1. The lowest BCUT2D eigenvalue weighted by molar-refractivity contribution is 0.106. The van der Waals surface area contributed by atoms with Crippen molar-refractivity contribution in [2.45, 2.75) is 23.3 Å². The Balaban J connectivity index is 1.30. The molecule has 4 aromatic rings. The molecule has 0 radical (unpaired) electrons. The van der Waals surface area contributed by atoms with Crippen molar-refractivity contribution < 1.29 is 32.8 Å². The summed E-state index contributed by atoms with van der Waals surface area (Å²) in [6, 6.07) is 25.8. The highest BCUT2D eigenvalue weighted by Gasteiger charge is 2.18. The summed E-state index contributed by atoms with van der Waals surface area (Å²) in [6.45, 7) is 0.878. The van der Waals surface area contributed by atoms with Gasteiger partial charge in [0.2, 0.25) is 0 Å². The van der Waals surface area contributed by atoms with Crippen molar-refractivity contribution in [3.8, 4) is 23.0 Å². The number of phenolic OH excluding ortho intramolecular Hbond substituents is 1. The number of halogens is 1. The fraction of sp³-hybridized carbons (Fsp3) is 0.250. The lowest BCUT2D eigenvalue weighted by atomic mass is 9.88. The molecular weight excluding hydrogens is 592 g/mol. The number of aliphatic hydroxyl groups is 1. The molecule has 1 atom stereocenters. The fourth-order valence-electron chi connectivity index (χ4n) is 4.47. The molecule has 0 fully saturated rings. The van der Waals surface area contributed by atoms with Gasteiger partial charge in [0, 0.05) is 23.6 Å². The van der Waals surface area contributed by atoms with Crippen molar-refractivity contribution in [2.75, 3.05) is 38.6 Å². The average Bonchev–Trinajstić information content (AvgIpc) is 3.02. The van der Waals surface area contributed by atoms with E-state index < -0.39 is 16.1 Å². The topological polar surface area (TPSA) is 126 Å². The van der Waals surface area contributed by atoms with Crippen LogP contribution in [-0.2, 0) is 10.0 Å². The number of aliphatic hydroxyl groups excluding tert-OH is 1. The summed E-state index contributed by atoms with van der Waals surface area (Å²) in [5.41, 5.74) is 2.24. The van der Waals surface area contributed by atoms with E-state index in [0.717, 1.165) is 29.0 Å². The van der Waals surface area contributed by atoms with E-state index in [4.69, 9.17) is 25.8 Å². The van der Waals surface area contributed by atoms with E-state index in [1.807, 2.05) is 24.3 Å². The van der Waals surface area contributed by atoms with Crippen LogP contribution in [0, 0.1) is 0 Å². The van der Waals surface area contributed by atoms with Crippen LogP contribution in [0.4, 0.5) is 5.69 Å². The number of phenols is 1. The van der Waals surface area contributed by atoms with Crippen LogP contribution in [0.2, 0.25) is 5.02 Å². The van der Waals surface area contributed by atoms with Crippen LogP contribution in [0.25, 0.3) is 0 Å². The Labute approximate surface area is 257 Å². The first kappa shape index (κ1) is 32.0. The third-order valence-electron chi connectivity index (χ3n) is 6.80. The van der Waals surface area contributed by atoms with Crippen molar-refractivity contribution in [1.29, 1.82) is 0 Å². The number of ether oxygens (including phenoxy) is 3. The maximum atomic E-state index is 12.7. The quantitative estimate of drug-likeness (QED) is 0.102. The lowest BCUT2D eigenvalue weighted by Crippen LogP contribution is -2.32. The van der Waals surface area contributed by atoms with Gasteiger partial charge in [-0.3, -0.25) is 4.72 Å². The van der Waals surface area contributed by atoms with Gasteiger partial charge in [0.15, 0.2) is 0 Å². The number of sulfonamides is 1. The molecule has 43 heavy (non-hydrogen) atoms. The molecule has 228 valence electrons. The molecule has 11 heteroatoms. The fourth-order valence-corrected chi connectivity index (χ4v) is 5.66. The van der Waals surface area contributed by atoms with Gasteiger partial charge in [0.25, 0.3) is 10.0 Å². The molecule has 0 amide bonds. The van der Waals surface area contributed by atoms with Gasteiger partial charge in [0.05, 0.1) is 24.8 Å². The predicted octanol–water partition coefficient (Wildman–Crippen LogP) is 5.42. The smallest absolute Gasteiger partial charge is 0.262 e. The summed E-state index contributed by atoms with van der Waals surface area (Å²) >= 11 is 5.85. The zero-order valence-corrected chi connectivity index (χ0v) is 25.4. The van der Waals surface area contributed by atoms with Crippen molar-refractivity contribution in [1.82, 2.24) is 5.32 Å². The zero-order chi connectivity index (χ0) is 30.8. The minimum atomic E-state index is -3.97. The second-order valence-electron chi connectivity index (χ2n) is 9.79. The number of hydrogen-bond donors (Lipinski definition) is 4. The third kappa shape index (κ3) is 9.01. The summed E-state index contributed by atoms with van der Waals surface area (Å²) in [6.07, 6.45) is -0.0511. The number of hydrogen-bond acceptors (Lipinski definition) is 8. The van der Waals surface area contributed by atoms with Crippen molar-refractivity contribution in [2.24, 2.45) is 0 Å². The maximum absolute atomic E-state index is 12.7. The van der Waals surface area contributed by atoms with E-state index in [2.05, 4.69) is 34.3 Å². The SMILES string of the molecule is COc1ccc(C(CCNC[C@H](O)COc2ccc(O)c(NS(=O)(=O)c3ccc(Cl)cc3)c2)c2ccc(OC)cc2)cc1. The summed E-state index contributed by atoms with van der Waals surface area (Å²) in [5.74, 6) is 1.71. The van der Waals surface area contributed by atoms with Crippen LogP contribution in [-0.4, -0.2) is 58.7 Å². The van der Waals surface area contributed by atoms with E-state index >= 15 is 0 Å². The van der Waals surface area contributed by atoms with Crippen molar-refractivity contribution in [3.63, 3.8) is 0 Å². The van der Waals surface area contributed by atoms with Gasteiger partial charge in [-0.25, -0.2) is 8.42 Å². The summed E-state index contributed by atoms with van der Waals surface area (Å²) in [5, 5.41) is 24.4. The summed E-state index contributed by atoms with van der Waals surface area (Å²) in [4.78, 5) is -0.00895. The molecule has 4 rings (SSSR count). The summed E-state index contributed by atoms with van der Waals surface area (Å²) in [7, 11) is -0.689. The average molecular weight is 627 g/mol. The van der Waals surface area contributed by atoms with Crippen molar-refractivity contribution in [3.05, 3.63) is 107 Å². The lowest BCUT2D eigenvalue weighted by Gasteiger charge is -2.20. The molecule has 0 unspecified atom stereocenters. The normalized spacial score (nSPS) is 12.1. The number of rotatable bonds is 15. The second-order valence-corrected chi connectivity index (χ2v) is 11.9. The van der Waals surface area contributed by atoms with E-state index in [0.29, 0.717) is 11.6 Å². The van der Waals surface area contributed by atoms with Crippen LogP contribution in [0.15, 0.2) is 95.9 Å². The van der Waals surface area contributed by atoms with Crippen LogP contribution in [0.5, 0.6) is 23.0 Å². The van der Waals surface area contributed by atoms with E-state index in [-0.39, 0.29) is 41.2 Å². The Bertz CT molecular complexity index is 1520. The molecule has 0 heterocycles. The minimum absolute atomic E-state index is 0.00895. The molecule has 0 saturated heterocycles. The van der Waals surface area contributed by atoms with Crippen LogP contribution < -0.4 is 24.2 Å². The zero-order valence-electron chi connectivity index (χ0n) is 23.9. The van der Waals surface area contributed by atoms with Gasteiger partial charge in [-0.15, -0.1) is 0 Å². The molecule has 0 spiro atoms. The molecular formula is C32H35ClN2O7S. The number of benzene rings is 4. The highest BCUT2D eigenvalue weighted by Crippen LogP contribution is 2.32. The van der Waals surface area contributed by atoms with Crippen LogP contribution in [0.3, 0.4) is 0 Å². The number of nitrogens with one attached hydrogen (secondary N) is 2. The second kappa shape index (κ2) is 15.0. The molecule has 0 aliphatic carbocycles. The predicted molar refractivity (Wildman–Crippen MR) is 167 cm³/mol.